The normalized spacial score (nSPS) is 10.9. The summed E-state index contributed by atoms with van der Waals surface area (Å²) in [5.41, 5.74) is 0.119. The van der Waals surface area contributed by atoms with Crippen molar-refractivity contribution >= 4 is 12.1 Å². The Morgan fingerprint density at radius 2 is 1.79 bits per heavy atom. The van der Waals surface area contributed by atoms with Crippen molar-refractivity contribution in [3.63, 3.8) is 0 Å². The van der Waals surface area contributed by atoms with Gasteiger partial charge in [0.15, 0.2) is 0 Å². The van der Waals surface area contributed by atoms with Crippen LogP contribution in [0.1, 0.15) is 26.3 Å². The Morgan fingerprint density at radius 3 is 2.38 bits per heavy atom. The lowest BCUT2D eigenvalue weighted by molar-refractivity contribution is 0.0300. The predicted octanol–water partition coefficient (Wildman–Crippen LogP) is 2.40. The lowest BCUT2D eigenvalue weighted by atomic mass is 10.2. The van der Waals surface area contributed by atoms with Gasteiger partial charge < -0.3 is 25.0 Å². The van der Waals surface area contributed by atoms with Gasteiger partial charge in [0.05, 0.1) is 6.54 Å². The van der Waals surface area contributed by atoms with Crippen molar-refractivity contribution in [2.75, 3.05) is 27.2 Å². The number of hydrogen-bond donors (Lipinski definition) is 2. The van der Waals surface area contributed by atoms with E-state index in [9.17, 15) is 14.7 Å². The Balaban J connectivity index is 2.38. The van der Waals surface area contributed by atoms with Crippen molar-refractivity contribution < 1.29 is 19.4 Å². The molecule has 1 aromatic carbocycles. The number of nitrogens with zero attached hydrogens (tertiary/aromatic N) is 2. The minimum Gasteiger partial charge on any atom is -0.508 e. The maximum absolute atomic E-state index is 12.0. The molecule has 134 valence electrons. The highest BCUT2D eigenvalue weighted by Gasteiger charge is 2.19. The summed E-state index contributed by atoms with van der Waals surface area (Å²) in [6.07, 6.45) is -0.431. The number of rotatable bonds is 5. The number of aromatic hydroxyl groups is 1. The summed E-state index contributed by atoms with van der Waals surface area (Å²) in [7, 11) is 3.26. The van der Waals surface area contributed by atoms with E-state index in [0.717, 1.165) is 0 Å². The van der Waals surface area contributed by atoms with E-state index >= 15 is 0 Å². The molecule has 2 N–H and O–H groups in total. The maximum atomic E-state index is 12.0. The molecule has 0 aliphatic carbocycles. The van der Waals surface area contributed by atoms with Gasteiger partial charge in [-0.1, -0.05) is 18.2 Å². The Kier molecular flexibility index (Phi) is 6.88. The third kappa shape index (κ3) is 6.76. The van der Waals surface area contributed by atoms with Crippen molar-refractivity contribution in [2.24, 2.45) is 0 Å². The SMILES string of the molecule is CN(Cc1ccccc1O)C(=O)NCCN(C)C(=O)OC(C)(C)C. The summed E-state index contributed by atoms with van der Waals surface area (Å²) in [5, 5.41) is 12.5. The number of nitrogens with one attached hydrogen (secondary N) is 1. The topological polar surface area (TPSA) is 82.1 Å². The van der Waals surface area contributed by atoms with E-state index < -0.39 is 11.7 Å². The van der Waals surface area contributed by atoms with E-state index in [4.69, 9.17) is 4.74 Å². The number of urea groups is 1. The average Bonchev–Trinajstić information content (AvgIpc) is 2.47. The van der Waals surface area contributed by atoms with Crippen LogP contribution in [0.15, 0.2) is 24.3 Å². The first kappa shape index (κ1) is 19.6. The molecule has 0 saturated heterocycles. The van der Waals surface area contributed by atoms with Gasteiger partial charge in [0, 0.05) is 32.7 Å². The van der Waals surface area contributed by atoms with E-state index in [-0.39, 0.29) is 11.8 Å². The summed E-state index contributed by atoms with van der Waals surface area (Å²) in [5.74, 6) is 0.154. The summed E-state index contributed by atoms with van der Waals surface area (Å²) in [6.45, 7) is 6.34. The minimum atomic E-state index is -0.549. The van der Waals surface area contributed by atoms with Crippen LogP contribution in [0.3, 0.4) is 0 Å². The first-order valence-electron chi connectivity index (χ1n) is 7.80. The fourth-order valence-corrected chi connectivity index (χ4v) is 1.87. The molecule has 24 heavy (non-hydrogen) atoms. The fraction of sp³-hybridized carbons (Fsp3) is 0.529. The zero-order valence-corrected chi connectivity index (χ0v) is 15.0. The highest BCUT2D eigenvalue weighted by molar-refractivity contribution is 5.74. The van der Waals surface area contributed by atoms with Crippen LogP contribution in [0.4, 0.5) is 9.59 Å². The summed E-state index contributed by atoms with van der Waals surface area (Å²) < 4.78 is 5.23. The zero-order valence-electron chi connectivity index (χ0n) is 15.0. The fourth-order valence-electron chi connectivity index (χ4n) is 1.87. The first-order valence-corrected chi connectivity index (χ1v) is 7.80. The Labute approximate surface area is 143 Å². The summed E-state index contributed by atoms with van der Waals surface area (Å²) in [4.78, 5) is 26.7. The number of benzene rings is 1. The van der Waals surface area contributed by atoms with E-state index in [1.54, 1.807) is 59.1 Å². The zero-order chi connectivity index (χ0) is 18.3. The van der Waals surface area contributed by atoms with E-state index in [2.05, 4.69) is 5.32 Å². The third-order valence-electron chi connectivity index (χ3n) is 3.17. The van der Waals surface area contributed by atoms with Crippen LogP contribution in [-0.4, -0.2) is 59.8 Å². The van der Waals surface area contributed by atoms with Gasteiger partial charge in [0.1, 0.15) is 11.4 Å². The Hall–Kier alpha value is -2.44. The molecule has 0 spiro atoms. The number of ether oxygens (including phenoxy) is 1. The molecule has 0 atom stereocenters. The molecule has 1 rings (SSSR count). The summed E-state index contributed by atoms with van der Waals surface area (Å²) in [6, 6.07) is 6.59. The van der Waals surface area contributed by atoms with Crippen molar-refractivity contribution in [3.05, 3.63) is 29.8 Å². The van der Waals surface area contributed by atoms with Gasteiger partial charge in [-0.25, -0.2) is 9.59 Å². The lowest BCUT2D eigenvalue weighted by Crippen LogP contribution is -2.42. The second-order valence-electron chi connectivity index (χ2n) is 6.62. The molecule has 0 heterocycles. The van der Waals surface area contributed by atoms with Crippen molar-refractivity contribution in [3.8, 4) is 5.75 Å². The molecular weight excluding hydrogens is 310 g/mol. The molecule has 0 saturated carbocycles. The van der Waals surface area contributed by atoms with Gasteiger partial charge in [-0.3, -0.25) is 0 Å². The molecule has 1 aromatic rings. The minimum absolute atomic E-state index is 0.154. The molecule has 0 fully saturated rings. The van der Waals surface area contributed by atoms with Crippen LogP contribution in [0.25, 0.3) is 0 Å². The van der Waals surface area contributed by atoms with Gasteiger partial charge in [0.2, 0.25) is 0 Å². The maximum Gasteiger partial charge on any atom is 0.410 e. The number of carbonyl (C=O) groups excluding carboxylic acids is 2. The van der Waals surface area contributed by atoms with Gasteiger partial charge in [-0.05, 0) is 26.8 Å². The number of hydrogen-bond acceptors (Lipinski definition) is 4. The van der Waals surface area contributed by atoms with E-state index in [1.807, 2.05) is 0 Å². The van der Waals surface area contributed by atoms with E-state index in [0.29, 0.717) is 25.2 Å². The van der Waals surface area contributed by atoms with Gasteiger partial charge in [-0.15, -0.1) is 0 Å². The van der Waals surface area contributed by atoms with Crippen LogP contribution < -0.4 is 5.32 Å². The van der Waals surface area contributed by atoms with Crippen LogP contribution >= 0.6 is 0 Å². The summed E-state index contributed by atoms with van der Waals surface area (Å²) >= 11 is 0. The number of phenolic OH excluding ortho intramolecular Hbond substituents is 1. The third-order valence-corrected chi connectivity index (χ3v) is 3.17. The number of para-hydroxylation sites is 1. The molecule has 0 radical (unpaired) electrons. The van der Waals surface area contributed by atoms with Gasteiger partial charge >= 0.3 is 12.1 Å². The van der Waals surface area contributed by atoms with E-state index in [1.165, 1.54) is 9.80 Å². The number of phenols is 1. The molecule has 7 heteroatoms. The second-order valence-corrected chi connectivity index (χ2v) is 6.62. The number of amides is 3. The molecule has 0 aromatic heterocycles. The largest absolute Gasteiger partial charge is 0.508 e. The van der Waals surface area contributed by atoms with Crippen molar-refractivity contribution in [1.82, 2.24) is 15.1 Å². The molecule has 0 aliphatic rings. The number of carbonyl (C=O) groups is 2. The highest BCUT2D eigenvalue weighted by Crippen LogP contribution is 2.17. The monoisotopic (exact) mass is 337 g/mol. The van der Waals surface area contributed by atoms with Gasteiger partial charge in [0.25, 0.3) is 0 Å². The van der Waals surface area contributed by atoms with Crippen LogP contribution in [-0.2, 0) is 11.3 Å². The number of likely N-dealkylation sites (N-methyl/N-ethyl adjacent to an activating group) is 1. The second kappa shape index (κ2) is 8.42. The Bertz CT molecular complexity index is 569. The Morgan fingerprint density at radius 1 is 1.17 bits per heavy atom. The predicted molar refractivity (Wildman–Crippen MR) is 91.8 cm³/mol. The molecule has 0 aliphatic heterocycles. The van der Waals surface area contributed by atoms with Crippen LogP contribution in [0.5, 0.6) is 5.75 Å². The molecule has 0 unspecified atom stereocenters. The first-order chi connectivity index (χ1) is 11.1. The molecule has 3 amide bonds. The van der Waals surface area contributed by atoms with Crippen LogP contribution in [0.2, 0.25) is 0 Å². The van der Waals surface area contributed by atoms with Gasteiger partial charge in [-0.2, -0.15) is 0 Å². The van der Waals surface area contributed by atoms with Crippen molar-refractivity contribution in [1.29, 1.82) is 0 Å². The molecule has 7 nitrogen and oxygen atoms in total. The molecule has 0 bridgehead atoms. The molecular formula is C17H27N3O4. The van der Waals surface area contributed by atoms with Crippen LogP contribution in [0, 0.1) is 0 Å². The smallest absolute Gasteiger partial charge is 0.410 e. The van der Waals surface area contributed by atoms with Crippen molar-refractivity contribution in [2.45, 2.75) is 32.9 Å². The average molecular weight is 337 g/mol. The highest BCUT2D eigenvalue weighted by atomic mass is 16.6. The quantitative estimate of drug-likeness (QED) is 0.864. The standard InChI is InChI=1S/C17H27N3O4/c1-17(2,3)24-16(23)19(4)11-10-18-15(22)20(5)12-13-8-6-7-9-14(13)21/h6-9,21H,10-12H2,1-5H3,(H,18,22). The lowest BCUT2D eigenvalue weighted by Gasteiger charge is -2.25.